The first-order valence-corrected chi connectivity index (χ1v) is 13.9. The van der Waals surface area contributed by atoms with Gasteiger partial charge in [0.2, 0.25) is 5.88 Å². The zero-order valence-corrected chi connectivity index (χ0v) is 21.8. The summed E-state index contributed by atoms with van der Waals surface area (Å²) in [5, 5.41) is 0.00952. The fourth-order valence-electron chi connectivity index (χ4n) is 3.21. The van der Waals surface area contributed by atoms with Crippen molar-refractivity contribution in [2.75, 3.05) is 20.2 Å². The van der Waals surface area contributed by atoms with Gasteiger partial charge in [0, 0.05) is 31.3 Å². The van der Waals surface area contributed by atoms with Crippen molar-refractivity contribution >= 4 is 14.4 Å². The van der Waals surface area contributed by atoms with Crippen LogP contribution in [0.25, 0.3) is 0 Å². The molecule has 6 nitrogen and oxygen atoms in total. The Morgan fingerprint density at radius 3 is 2.41 bits per heavy atom. The number of alkyl halides is 2. The van der Waals surface area contributed by atoms with E-state index in [1.165, 1.54) is 18.2 Å². The number of piperidine rings is 1. The van der Waals surface area contributed by atoms with Gasteiger partial charge in [0.1, 0.15) is 5.60 Å². The molecule has 1 aliphatic rings. The van der Waals surface area contributed by atoms with Crippen molar-refractivity contribution in [2.24, 2.45) is 0 Å². The molecule has 1 atom stereocenters. The van der Waals surface area contributed by atoms with Gasteiger partial charge in [-0.2, -0.15) is 0 Å². The molecule has 0 aliphatic carbocycles. The van der Waals surface area contributed by atoms with Crippen molar-refractivity contribution in [1.29, 1.82) is 0 Å². The van der Waals surface area contributed by atoms with Crippen LogP contribution >= 0.6 is 0 Å². The summed E-state index contributed by atoms with van der Waals surface area (Å²) in [6.45, 7) is 16.0. The van der Waals surface area contributed by atoms with Crippen molar-refractivity contribution in [2.45, 2.75) is 90.1 Å². The third-order valence-corrected chi connectivity index (χ3v) is 10.7. The second-order valence-electron chi connectivity index (χ2n) is 11.0. The van der Waals surface area contributed by atoms with Gasteiger partial charge in [0.15, 0.2) is 8.32 Å². The van der Waals surface area contributed by atoms with Crippen LogP contribution < -0.4 is 4.74 Å². The van der Waals surface area contributed by atoms with Gasteiger partial charge in [-0.05, 0) is 50.5 Å². The monoisotopic (exact) mass is 472 g/mol. The van der Waals surface area contributed by atoms with E-state index in [1.54, 1.807) is 26.8 Å². The van der Waals surface area contributed by atoms with Crippen LogP contribution in [0, 0.1) is 0 Å². The first kappa shape index (κ1) is 26.5. The molecule has 1 unspecified atom stereocenters. The number of carbonyl (C=O) groups excluding carboxylic acids is 1. The van der Waals surface area contributed by atoms with Crippen molar-refractivity contribution in [3.63, 3.8) is 0 Å². The largest absolute Gasteiger partial charge is 0.481 e. The minimum absolute atomic E-state index is 0.00952. The standard InChI is InChI=1S/C23H38F2N2O4Si/c1-21(2,3)31-20(28)27-11-10-23(24,25)18(14-27)16-12-17(19(29-7)26-13-16)15-30-32(8,9)22(4,5)6/h12-13,18H,10-11,14-15H2,1-9H3. The normalized spacial score (nSPS) is 19.6. The van der Waals surface area contributed by atoms with E-state index in [0.29, 0.717) is 17.0 Å². The fourth-order valence-corrected chi connectivity index (χ4v) is 4.16. The van der Waals surface area contributed by atoms with E-state index in [-0.39, 0.29) is 24.7 Å². The van der Waals surface area contributed by atoms with Gasteiger partial charge in [0.05, 0.1) is 19.6 Å². The number of aromatic nitrogens is 1. The number of likely N-dealkylation sites (tertiary alicyclic amines) is 1. The maximum atomic E-state index is 14.9. The number of pyridine rings is 1. The molecule has 2 heterocycles. The number of carbonyl (C=O) groups is 1. The highest BCUT2D eigenvalue weighted by atomic mass is 28.4. The summed E-state index contributed by atoms with van der Waals surface area (Å²) in [5.41, 5.74) is 0.292. The van der Waals surface area contributed by atoms with Crippen LogP contribution in [-0.2, 0) is 15.8 Å². The first-order chi connectivity index (χ1) is 14.5. The predicted molar refractivity (Wildman–Crippen MR) is 123 cm³/mol. The maximum absolute atomic E-state index is 14.9. The first-order valence-electron chi connectivity index (χ1n) is 11.0. The third-order valence-electron chi connectivity index (χ3n) is 6.22. The minimum Gasteiger partial charge on any atom is -0.481 e. The Hall–Kier alpha value is -1.74. The lowest BCUT2D eigenvalue weighted by molar-refractivity contribution is -0.0772. The number of halogens is 2. The summed E-state index contributed by atoms with van der Waals surface area (Å²) in [6, 6.07) is 1.68. The van der Waals surface area contributed by atoms with Crippen molar-refractivity contribution in [3.05, 3.63) is 23.4 Å². The molecule has 0 saturated carbocycles. The molecule has 0 N–H and O–H groups in total. The molecule has 1 saturated heterocycles. The Kier molecular flexibility index (Phi) is 7.66. The number of amides is 1. The molecular weight excluding hydrogens is 434 g/mol. The van der Waals surface area contributed by atoms with Gasteiger partial charge in [-0.3, -0.25) is 0 Å². The number of nitrogens with zero attached hydrogens (tertiary/aromatic N) is 2. The molecule has 0 aromatic carbocycles. The molecule has 1 fully saturated rings. The topological polar surface area (TPSA) is 60.9 Å². The molecule has 1 aromatic rings. The number of hydrogen-bond acceptors (Lipinski definition) is 5. The smallest absolute Gasteiger partial charge is 0.410 e. The van der Waals surface area contributed by atoms with Gasteiger partial charge in [-0.15, -0.1) is 0 Å². The molecule has 0 radical (unpaired) electrons. The van der Waals surface area contributed by atoms with Crippen LogP contribution in [0.3, 0.4) is 0 Å². The van der Waals surface area contributed by atoms with Crippen LogP contribution in [-0.4, -0.2) is 56.0 Å². The SMILES string of the molecule is COc1ncc(C2CN(C(=O)OC(C)(C)C)CCC2(F)F)cc1CO[Si](C)(C)C(C)(C)C. The molecule has 182 valence electrons. The number of methoxy groups -OCH3 is 1. The molecular formula is C23H38F2N2O4Si. The highest BCUT2D eigenvalue weighted by Crippen LogP contribution is 2.42. The van der Waals surface area contributed by atoms with Gasteiger partial charge in [0.25, 0.3) is 5.92 Å². The highest BCUT2D eigenvalue weighted by Gasteiger charge is 2.47. The number of hydrogen-bond donors (Lipinski definition) is 0. The summed E-state index contributed by atoms with van der Waals surface area (Å²) in [7, 11) is -0.561. The minimum atomic E-state index is -2.97. The van der Waals surface area contributed by atoms with Crippen molar-refractivity contribution < 1.29 is 27.5 Å². The summed E-state index contributed by atoms with van der Waals surface area (Å²) in [4.78, 5) is 18.1. The van der Waals surface area contributed by atoms with E-state index in [0.717, 1.165) is 0 Å². The van der Waals surface area contributed by atoms with E-state index in [1.807, 2.05) is 0 Å². The van der Waals surface area contributed by atoms with Gasteiger partial charge >= 0.3 is 6.09 Å². The average Bonchev–Trinajstić information content (AvgIpc) is 2.63. The Labute approximate surface area is 191 Å². The molecule has 1 aromatic heterocycles. The lowest BCUT2D eigenvalue weighted by atomic mass is 9.87. The lowest BCUT2D eigenvalue weighted by Crippen LogP contribution is -2.49. The molecule has 9 heteroatoms. The zero-order chi connectivity index (χ0) is 24.5. The van der Waals surface area contributed by atoms with Crippen LogP contribution in [0.4, 0.5) is 13.6 Å². The van der Waals surface area contributed by atoms with Crippen LogP contribution in [0.2, 0.25) is 18.1 Å². The van der Waals surface area contributed by atoms with Gasteiger partial charge < -0.3 is 18.8 Å². The van der Waals surface area contributed by atoms with E-state index in [4.69, 9.17) is 13.9 Å². The highest BCUT2D eigenvalue weighted by molar-refractivity contribution is 6.74. The van der Waals surface area contributed by atoms with Crippen molar-refractivity contribution in [1.82, 2.24) is 9.88 Å². The third kappa shape index (κ3) is 6.40. The zero-order valence-electron chi connectivity index (χ0n) is 20.8. The summed E-state index contributed by atoms with van der Waals surface area (Å²) >= 11 is 0. The van der Waals surface area contributed by atoms with E-state index >= 15 is 0 Å². The summed E-state index contributed by atoms with van der Waals surface area (Å²) in [6.07, 6.45) is 0.394. The van der Waals surface area contributed by atoms with Crippen LogP contribution in [0.15, 0.2) is 12.3 Å². The lowest BCUT2D eigenvalue weighted by Gasteiger charge is -2.39. The Morgan fingerprint density at radius 2 is 1.88 bits per heavy atom. The molecule has 32 heavy (non-hydrogen) atoms. The molecule has 2 rings (SSSR count). The van der Waals surface area contributed by atoms with Crippen molar-refractivity contribution in [3.8, 4) is 5.88 Å². The average molecular weight is 473 g/mol. The Morgan fingerprint density at radius 1 is 1.25 bits per heavy atom. The Balaban J connectivity index is 2.30. The molecule has 1 aliphatic heterocycles. The van der Waals surface area contributed by atoms with E-state index in [2.05, 4.69) is 38.8 Å². The fraction of sp³-hybridized carbons (Fsp3) is 0.739. The maximum Gasteiger partial charge on any atom is 0.410 e. The van der Waals surface area contributed by atoms with Gasteiger partial charge in [-0.1, -0.05) is 20.8 Å². The van der Waals surface area contributed by atoms with Gasteiger partial charge in [-0.25, -0.2) is 18.6 Å². The molecule has 0 bridgehead atoms. The second-order valence-corrected chi connectivity index (χ2v) is 15.8. The van der Waals surface area contributed by atoms with E-state index < -0.39 is 38.3 Å². The number of ether oxygens (including phenoxy) is 2. The predicted octanol–water partition coefficient (Wildman–Crippen LogP) is 5.97. The molecule has 0 spiro atoms. The van der Waals surface area contributed by atoms with E-state index in [9.17, 15) is 13.6 Å². The Bertz CT molecular complexity index is 819. The van der Waals surface area contributed by atoms with Crippen LogP contribution in [0.1, 0.15) is 65.0 Å². The van der Waals surface area contributed by atoms with Crippen LogP contribution in [0.5, 0.6) is 5.88 Å². The second kappa shape index (κ2) is 9.25. The summed E-state index contributed by atoms with van der Waals surface area (Å²) < 4.78 is 46.8. The number of rotatable bonds is 5. The summed E-state index contributed by atoms with van der Waals surface area (Å²) in [5.74, 6) is -3.80. The quantitative estimate of drug-likeness (QED) is 0.494. The molecule has 1 amide bonds.